The van der Waals surface area contributed by atoms with Crippen molar-refractivity contribution in [3.05, 3.63) is 66.2 Å². The number of quaternary nitrogens is 2. The van der Waals surface area contributed by atoms with Crippen molar-refractivity contribution in [3.63, 3.8) is 0 Å². The lowest BCUT2D eigenvalue weighted by molar-refractivity contribution is -1.01. The number of carbonyl (C=O) groups excluding carboxylic acids is 1. The lowest BCUT2D eigenvalue weighted by atomic mass is 10.2. The molecule has 2 aromatic carbocycles. The van der Waals surface area contributed by atoms with Crippen LogP contribution in [0.5, 0.6) is 5.75 Å². The lowest BCUT2D eigenvalue weighted by Crippen LogP contribution is -3.28. The first-order valence-electron chi connectivity index (χ1n) is 10.1. The lowest BCUT2D eigenvalue weighted by Gasteiger charge is -2.28. The summed E-state index contributed by atoms with van der Waals surface area (Å²) in [6.45, 7) is 8.31. The minimum absolute atomic E-state index is 0.0505. The average Bonchev–Trinajstić information content (AvgIpc) is 2.72. The Labute approximate surface area is 167 Å². The van der Waals surface area contributed by atoms with Crippen LogP contribution in [0.15, 0.2) is 60.7 Å². The van der Waals surface area contributed by atoms with Crippen LogP contribution in [-0.2, 0) is 4.79 Å². The van der Waals surface area contributed by atoms with Gasteiger partial charge < -0.3 is 19.9 Å². The second kappa shape index (κ2) is 10.6. The van der Waals surface area contributed by atoms with E-state index in [1.54, 1.807) is 4.90 Å². The van der Waals surface area contributed by atoms with Gasteiger partial charge in [-0.3, -0.25) is 4.79 Å². The Morgan fingerprint density at radius 2 is 1.68 bits per heavy atom. The fourth-order valence-corrected chi connectivity index (χ4v) is 3.54. The summed E-state index contributed by atoms with van der Waals surface area (Å²) in [5.74, 6) is 0.780. The monoisotopic (exact) mass is 381 g/mol. The number of ether oxygens (including phenoxy) is 1. The molecule has 0 aliphatic carbocycles. The van der Waals surface area contributed by atoms with E-state index in [2.05, 4.69) is 41.7 Å². The zero-order valence-corrected chi connectivity index (χ0v) is 16.6. The summed E-state index contributed by atoms with van der Waals surface area (Å²) < 4.78 is 5.58. The predicted molar refractivity (Wildman–Crippen MR) is 113 cm³/mol. The van der Waals surface area contributed by atoms with Crippen LogP contribution in [0, 0.1) is 0 Å². The van der Waals surface area contributed by atoms with Crippen LogP contribution < -0.4 is 19.9 Å². The molecule has 1 amide bonds. The SMILES string of the molecule is CCOc1ccccc1NC(=O)C[NH+]1CC[NH+](C/C=C/c2ccccc2)CC1. The number of hydrogen-bond donors (Lipinski definition) is 3. The summed E-state index contributed by atoms with van der Waals surface area (Å²) in [5.41, 5.74) is 2.00. The number of piperazine rings is 1. The molecule has 148 valence electrons. The fourth-order valence-electron chi connectivity index (χ4n) is 3.54. The van der Waals surface area contributed by atoms with Crippen LogP contribution in [0.25, 0.3) is 6.08 Å². The van der Waals surface area contributed by atoms with Gasteiger partial charge in [0.1, 0.15) is 31.9 Å². The summed E-state index contributed by atoms with van der Waals surface area (Å²) in [6.07, 6.45) is 4.45. The summed E-state index contributed by atoms with van der Waals surface area (Å²) in [5, 5.41) is 3.00. The van der Waals surface area contributed by atoms with Crippen molar-refractivity contribution >= 4 is 17.7 Å². The first kappa shape index (κ1) is 20.1. The van der Waals surface area contributed by atoms with Crippen LogP contribution in [0.4, 0.5) is 5.69 Å². The van der Waals surface area contributed by atoms with E-state index < -0.39 is 0 Å². The Morgan fingerprint density at radius 3 is 2.43 bits per heavy atom. The standard InChI is InChI=1S/C23H29N3O2/c1-2-28-22-13-7-6-12-21(22)24-23(27)19-26-17-15-25(16-18-26)14-8-11-20-9-4-3-5-10-20/h3-13H,2,14-19H2,1H3,(H,24,27)/p+2/b11-8+. The maximum absolute atomic E-state index is 12.4. The molecule has 5 nitrogen and oxygen atoms in total. The Kier molecular flexibility index (Phi) is 7.64. The van der Waals surface area contributed by atoms with Gasteiger partial charge >= 0.3 is 0 Å². The van der Waals surface area contributed by atoms with Gasteiger partial charge in [0.05, 0.1) is 18.8 Å². The van der Waals surface area contributed by atoms with E-state index in [1.165, 1.54) is 10.5 Å². The molecule has 2 aromatic rings. The highest BCUT2D eigenvalue weighted by atomic mass is 16.5. The molecule has 0 spiro atoms. The van der Waals surface area contributed by atoms with Gasteiger partial charge in [-0.1, -0.05) is 48.5 Å². The first-order valence-corrected chi connectivity index (χ1v) is 10.1. The highest BCUT2D eigenvalue weighted by Crippen LogP contribution is 2.23. The molecule has 0 radical (unpaired) electrons. The molecule has 1 aliphatic rings. The second-order valence-electron chi connectivity index (χ2n) is 7.17. The van der Waals surface area contributed by atoms with Crippen molar-refractivity contribution in [2.75, 3.05) is 51.2 Å². The van der Waals surface area contributed by atoms with Crippen molar-refractivity contribution in [3.8, 4) is 5.75 Å². The van der Waals surface area contributed by atoms with Gasteiger partial charge in [-0.25, -0.2) is 0 Å². The van der Waals surface area contributed by atoms with Crippen LogP contribution in [0.2, 0.25) is 0 Å². The molecule has 0 unspecified atom stereocenters. The van der Waals surface area contributed by atoms with Gasteiger partial charge in [-0.05, 0) is 30.7 Å². The molecule has 1 heterocycles. The number of hydrogen-bond acceptors (Lipinski definition) is 2. The highest BCUT2D eigenvalue weighted by Gasteiger charge is 2.24. The van der Waals surface area contributed by atoms with Crippen LogP contribution in [0.1, 0.15) is 12.5 Å². The van der Waals surface area contributed by atoms with E-state index in [0.29, 0.717) is 13.2 Å². The zero-order chi connectivity index (χ0) is 19.6. The molecule has 3 rings (SSSR count). The molecule has 1 aliphatic heterocycles. The van der Waals surface area contributed by atoms with Crippen molar-refractivity contribution in [2.45, 2.75) is 6.92 Å². The summed E-state index contributed by atoms with van der Waals surface area (Å²) >= 11 is 0. The summed E-state index contributed by atoms with van der Waals surface area (Å²) in [6, 6.07) is 18.0. The summed E-state index contributed by atoms with van der Waals surface area (Å²) in [4.78, 5) is 15.4. The van der Waals surface area contributed by atoms with Gasteiger partial charge in [-0.15, -0.1) is 0 Å². The number of amides is 1. The van der Waals surface area contributed by atoms with Crippen molar-refractivity contribution in [1.29, 1.82) is 0 Å². The van der Waals surface area contributed by atoms with E-state index in [0.717, 1.165) is 44.2 Å². The minimum Gasteiger partial charge on any atom is -0.492 e. The highest BCUT2D eigenvalue weighted by molar-refractivity contribution is 5.92. The molecular formula is C23H31N3O2+2. The second-order valence-corrected chi connectivity index (χ2v) is 7.17. The summed E-state index contributed by atoms with van der Waals surface area (Å²) in [7, 11) is 0. The molecule has 3 N–H and O–H groups in total. The molecule has 1 saturated heterocycles. The van der Waals surface area contributed by atoms with Gasteiger partial charge in [0.15, 0.2) is 6.54 Å². The van der Waals surface area contributed by atoms with Gasteiger partial charge in [-0.2, -0.15) is 0 Å². The minimum atomic E-state index is 0.0505. The molecule has 0 atom stereocenters. The Balaban J connectivity index is 1.40. The molecule has 5 heteroatoms. The quantitative estimate of drug-likeness (QED) is 0.624. The van der Waals surface area contributed by atoms with E-state index in [4.69, 9.17) is 4.74 Å². The zero-order valence-electron chi connectivity index (χ0n) is 16.6. The van der Waals surface area contributed by atoms with E-state index >= 15 is 0 Å². The largest absolute Gasteiger partial charge is 0.492 e. The number of nitrogens with one attached hydrogen (secondary N) is 3. The Morgan fingerprint density at radius 1 is 1.00 bits per heavy atom. The molecule has 0 saturated carbocycles. The fraction of sp³-hybridized carbons (Fsp3) is 0.348. The third-order valence-corrected chi connectivity index (χ3v) is 5.05. The van der Waals surface area contributed by atoms with E-state index in [9.17, 15) is 4.79 Å². The average molecular weight is 382 g/mol. The van der Waals surface area contributed by atoms with Gasteiger partial charge in [0, 0.05) is 0 Å². The molecular weight excluding hydrogens is 350 g/mol. The number of para-hydroxylation sites is 2. The third kappa shape index (κ3) is 6.22. The van der Waals surface area contributed by atoms with Crippen LogP contribution in [0.3, 0.4) is 0 Å². The van der Waals surface area contributed by atoms with Crippen LogP contribution >= 0.6 is 0 Å². The van der Waals surface area contributed by atoms with Crippen molar-refractivity contribution < 1.29 is 19.3 Å². The smallest absolute Gasteiger partial charge is 0.279 e. The molecule has 0 bridgehead atoms. The van der Waals surface area contributed by atoms with Crippen molar-refractivity contribution in [2.24, 2.45) is 0 Å². The van der Waals surface area contributed by atoms with E-state index in [-0.39, 0.29) is 5.91 Å². The molecule has 0 aromatic heterocycles. The topological polar surface area (TPSA) is 47.2 Å². The number of carbonyl (C=O) groups is 1. The Bertz CT molecular complexity index is 768. The van der Waals surface area contributed by atoms with Gasteiger partial charge in [0.2, 0.25) is 0 Å². The number of benzene rings is 2. The van der Waals surface area contributed by atoms with E-state index in [1.807, 2.05) is 37.3 Å². The predicted octanol–water partition coefficient (Wildman–Crippen LogP) is 0.521. The van der Waals surface area contributed by atoms with Crippen LogP contribution in [-0.4, -0.2) is 51.8 Å². The molecule has 28 heavy (non-hydrogen) atoms. The number of rotatable bonds is 8. The van der Waals surface area contributed by atoms with Crippen molar-refractivity contribution in [1.82, 2.24) is 0 Å². The maximum atomic E-state index is 12.4. The molecule has 1 fully saturated rings. The normalized spacial score (nSPS) is 19.5. The number of anilines is 1. The first-order chi connectivity index (χ1) is 13.7. The third-order valence-electron chi connectivity index (χ3n) is 5.05. The van der Waals surface area contributed by atoms with Gasteiger partial charge in [0.25, 0.3) is 5.91 Å². The Hall–Kier alpha value is -2.63. The maximum Gasteiger partial charge on any atom is 0.279 e.